The normalized spacial score (nSPS) is 12.6. The number of rotatable bonds is 10. The number of carbonyl (C=O) groups is 2. The first-order chi connectivity index (χ1) is 9.30. The number of amides is 1. The van der Waals surface area contributed by atoms with Crippen molar-refractivity contribution in [3.63, 3.8) is 0 Å². The Kier molecular flexibility index (Phi) is 8.83. The molecule has 0 saturated heterocycles. The number of ether oxygens (including phenoxy) is 2. The molecule has 0 rings (SSSR count). The molecule has 0 heterocycles. The molecule has 0 aromatic rings. The minimum atomic E-state index is -0.994. The van der Waals surface area contributed by atoms with Crippen molar-refractivity contribution in [1.29, 1.82) is 0 Å². The number of allylic oxidation sites excluding steroid dienone is 1. The van der Waals surface area contributed by atoms with E-state index in [9.17, 15) is 14.7 Å². The van der Waals surface area contributed by atoms with Gasteiger partial charge in [-0.1, -0.05) is 6.08 Å². The molecule has 0 bridgehead atoms. The second kappa shape index (κ2) is 9.50. The number of nitrogens with one attached hydrogen (secondary N) is 1. The Morgan fingerprint density at radius 1 is 1.45 bits per heavy atom. The molecule has 0 radical (unpaired) electrons. The predicted octanol–water partition coefficient (Wildman–Crippen LogP) is 0.788. The van der Waals surface area contributed by atoms with Crippen molar-refractivity contribution in [2.75, 3.05) is 19.8 Å². The number of hydrogen-bond donors (Lipinski definition) is 2. The Morgan fingerprint density at radius 3 is 2.60 bits per heavy atom. The van der Waals surface area contributed by atoms with Gasteiger partial charge in [0.25, 0.3) is 0 Å². The van der Waals surface area contributed by atoms with E-state index in [0.717, 1.165) is 0 Å². The first kappa shape index (κ1) is 18.6. The first-order valence-corrected chi connectivity index (χ1v) is 6.67. The molecule has 0 fully saturated rings. The third-order valence-electron chi connectivity index (χ3n) is 2.22. The minimum absolute atomic E-state index is 0.0390. The van der Waals surface area contributed by atoms with Crippen molar-refractivity contribution < 1.29 is 24.2 Å². The summed E-state index contributed by atoms with van der Waals surface area (Å²) >= 11 is 0. The SMILES string of the molecule is C=CCCC(=O)N[C@@H](COCC(C)(C)O)C(=O)OCC. The molecular formula is C14H25NO5. The van der Waals surface area contributed by atoms with Crippen molar-refractivity contribution in [2.45, 2.75) is 45.3 Å². The van der Waals surface area contributed by atoms with E-state index in [4.69, 9.17) is 9.47 Å². The van der Waals surface area contributed by atoms with Gasteiger partial charge in [-0.2, -0.15) is 0 Å². The summed E-state index contributed by atoms with van der Waals surface area (Å²) < 4.78 is 10.1. The van der Waals surface area contributed by atoms with E-state index in [1.165, 1.54) is 0 Å². The molecule has 116 valence electrons. The van der Waals surface area contributed by atoms with Crippen LogP contribution in [-0.4, -0.2) is 48.4 Å². The second-order valence-electron chi connectivity index (χ2n) is 5.03. The largest absolute Gasteiger partial charge is 0.464 e. The zero-order valence-corrected chi connectivity index (χ0v) is 12.5. The highest BCUT2D eigenvalue weighted by atomic mass is 16.5. The molecule has 6 nitrogen and oxygen atoms in total. The minimum Gasteiger partial charge on any atom is -0.464 e. The number of aliphatic hydroxyl groups is 1. The molecule has 0 aromatic carbocycles. The van der Waals surface area contributed by atoms with Gasteiger partial charge in [-0.3, -0.25) is 4.79 Å². The van der Waals surface area contributed by atoms with Crippen LogP contribution < -0.4 is 5.32 Å². The average Bonchev–Trinajstić information content (AvgIpc) is 2.34. The lowest BCUT2D eigenvalue weighted by atomic mass is 10.2. The van der Waals surface area contributed by atoms with Crippen molar-refractivity contribution in [2.24, 2.45) is 0 Å². The standard InChI is InChI=1S/C14H25NO5/c1-5-7-8-12(16)15-11(13(17)20-6-2)9-19-10-14(3,4)18/h5,11,18H,1,6-10H2,2-4H3,(H,15,16)/t11-/m0/s1. The maximum absolute atomic E-state index is 11.7. The van der Waals surface area contributed by atoms with E-state index in [1.807, 2.05) is 0 Å². The summed E-state index contributed by atoms with van der Waals surface area (Å²) in [6.07, 6.45) is 2.42. The molecule has 0 saturated carbocycles. The molecule has 20 heavy (non-hydrogen) atoms. The fraction of sp³-hybridized carbons (Fsp3) is 0.714. The Morgan fingerprint density at radius 2 is 2.10 bits per heavy atom. The summed E-state index contributed by atoms with van der Waals surface area (Å²) in [5.41, 5.74) is -0.994. The first-order valence-electron chi connectivity index (χ1n) is 6.67. The highest BCUT2D eigenvalue weighted by Crippen LogP contribution is 2.02. The van der Waals surface area contributed by atoms with Crippen LogP contribution in [0, 0.1) is 0 Å². The van der Waals surface area contributed by atoms with Gasteiger partial charge in [-0.15, -0.1) is 6.58 Å². The van der Waals surface area contributed by atoms with Crippen LogP contribution in [0.2, 0.25) is 0 Å². The van der Waals surface area contributed by atoms with Gasteiger partial charge in [0.15, 0.2) is 6.04 Å². The third kappa shape index (κ3) is 9.52. The van der Waals surface area contributed by atoms with Gasteiger partial charge in [0, 0.05) is 6.42 Å². The fourth-order valence-corrected chi connectivity index (χ4v) is 1.34. The highest BCUT2D eigenvalue weighted by Gasteiger charge is 2.23. The van der Waals surface area contributed by atoms with Crippen LogP contribution in [0.1, 0.15) is 33.6 Å². The summed E-state index contributed by atoms with van der Waals surface area (Å²) in [6.45, 7) is 8.65. The smallest absolute Gasteiger partial charge is 0.331 e. The van der Waals surface area contributed by atoms with Crippen LogP contribution in [0.5, 0.6) is 0 Å². The van der Waals surface area contributed by atoms with Gasteiger partial charge in [-0.05, 0) is 27.2 Å². The summed E-state index contributed by atoms with van der Waals surface area (Å²) in [6, 6.07) is -0.866. The van der Waals surface area contributed by atoms with Gasteiger partial charge in [0.2, 0.25) is 5.91 Å². The van der Waals surface area contributed by atoms with E-state index in [0.29, 0.717) is 6.42 Å². The van der Waals surface area contributed by atoms with E-state index in [2.05, 4.69) is 11.9 Å². The second-order valence-corrected chi connectivity index (χ2v) is 5.03. The van der Waals surface area contributed by atoms with Gasteiger partial charge < -0.3 is 19.9 Å². The molecule has 6 heteroatoms. The van der Waals surface area contributed by atoms with Crippen LogP contribution in [0.25, 0.3) is 0 Å². The molecular weight excluding hydrogens is 262 g/mol. The van der Waals surface area contributed by atoms with E-state index in [1.54, 1.807) is 26.8 Å². The molecule has 0 unspecified atom stereocenters. The average molecular weight is 287 g/mol. The zero-order valence-electron chi connectivity index (χ0n) is 12.5. The molecule has 0 spiro atoms. The Balaban J connectivity index is 4.37. The van der Waals surface area contributed by atoms with Crippen LogP contribution in [0.4, 0.5) is 0 Å². The van der Waals surface area contributed by atoms with Crippen LogP contribution in [0.15, 0.2) is 12.7 Å². The molecule has 0 aliphatic carbocycles. The molecule has 1 amide bonds. The lowest BCUT2D eigenvalue weighted by Gasteiger charge is -2.21. The van der Waals surface area contributed by atoms with E-state index in [-0.39, 0.29) is 32.1 Å². The fourth-order valence-electron chi connectivity index (χ4n) is 1.34. The molecule has 0 aromatic heterocycles. The van der Waals surface area contributed by atoms with E-state index < -0.39 is 17.6 Å². The van der Waals surface area contributed by atoms with Gasteiger partial charge in [-0.25, -0.2) is 4.79 Å². The van der Waals surface area contributed by atoms with Crippen LogP contribution in [0.3, 0.4) is 0 Å². The predicted molar refractivity (Wildman–Crippen MR) is 75.1 cm³/mol. The lowest BCUT2D eigenvalue weighted by Crippen LogP contribution is -2.45. The van der Waals surface area contributed by atoms with E-state index >= 15 is 0 Å². The molecule has 1 atom stereocenters. The Bertz CT molecular complexity index is 322. The lowest BCUT2D eigenvalue weighted by molar-refractivity contribution is -0.150. The Labute approximate surface area is 120 Å². The van der Waals surface area contributed by atoms with Crippen molar-refractivity contribution in [1.82, 2.24) is 5.32 Å². The summed E-state index contributed by atoms with van der Waals surface area (Å²) in [7, 11) is 0. The van der Waals surface area contributed by atoms with Gasteiger partial charge in [0.05, 0.1) is 25.4 Å². The monoisotopic (exact) mass is 287 g/mol. The Hall–Kier alpha value is -1.40. The van der Waals surface area contributed by atoms with Crippen molar-refractivity contribution >= 4 is 11.9 Å². The highest BCUT2D eigenvalue weighted by molar-refractivity contribution is 5.84. The van der Waals surface area contributed by atoms with Crippen LogP contribution >= 0.6 is 0 Å². The van der Waals surface area contributed by atoms with Crippen molar-refractivity contribution in [3.8, 4) is 0 Å². The van der Waals surface area contributed by atoms with Gasteiger partial charge in [0.1, 0.15) is 0 Å². The summed E-state index contributed by atoms with van der Waals surface area (Å²) in [5, 5.41) is 12.1. The molecule has 0 aliphatic heterocycles. The number of hydrogen-bond acceptors (Lipinski definition) is 5. The topological polar surface area (TPSA) is 84.9 Å². The van der Waals surface area contributed by atoms with Crippen LogP contribution in [-0.2, 0) is 19.1 Å². The maximum Gasteiger partial charge on any atom is 0.331 e. The molecule has 2 N–H and O–H groups in total. The summed E-state index contributed by atoms with van der Waals surface area (Å²) in [4.78, 5) is 23.3. The quantitative estimate of drug-likeness (QED) is 0.458. The van der Waals surface area contributed by atoms with Gasteiger partial charge >= 0.3 is 5.97 Å². The molecule has 0 aliphatic rings. The number of carbonyl (C=O) groups excluding carboxylic acids is 2. The van der Waals surface area contributed by atoms with Crippen molar-refractivity contribution in [3.05, 3.63) is 12.7 Å². The zero-order chi connectivity index (χ0) is 15.6. The third-order valence-corrected chi connectivity index (χ3v) is 2.22. The number of esters is 1. The maximum atomic E-state index is 11.7. The summed E-state index contributed by atoms with van der Waals surface area (Å²) in [5.74, 6) is -0.815.